The molecule has 1 aromatic carbocycles. The van der Waals surface area contributed by atoms with Gasteiger partial charge in [-0.15, -0.1) is 0 Å². The van der Waals surface area contributed by atoms with Crippen molar-refractivity contribution in [2.45, 2.75) is 25.8 Å². The molecule has 0 spiro atoms. The van der Waals surface area contributed by atoms with Gasteiger partial charge in [0, 0.05) is 6.61 Å². The van der Waals surface area contributed by atoms with Gasteiger partial charge in [-0.25, -0.2) is 4.79 Å². The molecular weight excluding hydrogens is 246 g/mol. The normalized spacial score (nSPS) is 13.6. The first-order valence-corrected chi connectivity index (χ1v) is 6.24. The van der Waals surface area contributed by atoms with Gasteiger partial charge >= 0.3 is 5.97 Å². The molecule has 2 N–H and O–H groups in total. The van der Waals surface area contributed by atoms with Crippen LogP contribution in [0.5, 0.6) is 0 Å². The van der Waals surface area contributed by atoms with Gasteiger partial charge in [-0.2, -0.15) is 0 Å². The molecule has 0 bridgehead atoms. The molecule has 1 atom stereocenters. The number of hydrogen-bond acceptors (Lipinski definition) is 3. The van der Waals surface area contributed by atoms with Crippen molar-refractivity contribution in [1.29, 1.82) is 0 Å². The van der Waals surface area contributed by atoms with Crippen LogP contribution in [0.1, 0.15) is 25.8 Å². The van der Waals surface area contributed by atoms with Crippen LogP contribution in [0.3, 0.4) is 0 Å². The maximum atomic E-state index is 11.8. The number of carbonyl (C=O) groups excluding carboxylic acids is 1. The number of carboxylic acid groups (broad SMARTS) is 1. The summed E-state index contributed by atoms with van der Waals surface area (Å²) in [5.74, 6) is -1.51. The molecule has 0 radical (unpaired) electrons. The summed E-state index contributed by atoms with van der Waals surface area (Å²) in [5.41, 5.74) is -0.857. The van der Waals surface area contributed by atoms with Crippen LogP contribution in [0.4, 0.5) is 0 Å². The van der Waals surface area contributed by atoms with E-state index in [1.807, 2.05) is 0 Å². The van der Waals surface area contributed by atoms with Crippen molar-refractivity contribution in [3.8, 4) is 0 Å². The van der Waals surface area contributed by atoms with Gasteiger partial charge < -0.3 is 15.2 Å². The van der Waals surface area contributed by atoms with Crippen molar-refractivity contribution in [3.63, 3.8) is 0 Å². The highest BCUT2D eigenvalue weighted by Crippen LogP contribution is 2.25. The number of rotatable bonds is 7. The monoisotopic (exact) mass is 265 g/mol. The predicted molar refractivity (Wildman–Crippen MR) is 70.7 cm³/mol. The van der Waals surface area contributed by atoms with E-state index in [1.54, 1.807) is 44.2 Å². The first-order chi connectivity index (χ1) is 9.06. The molecule has 0 aliphatic carbocycles. The zero-order chi connectivity index (χ0) is 14.3. The van der Waals surface area contributed by atoms with Crippen LogP contribution in [-0.2, 0) is 19.9 Å². The summed E-state index contributed by atoms with van der Waals surface area (Å²) in [5, 5.41) is 12.1. The number of hydrogen-bond donors (Lipinski definition) is 2. The summed E-state index contributed by atoms with van der Waals surface area (Å²) in [4.78, 5) is 23.4. The number of carboxylic acids is 1. The third-order valence-electron chi connectivity index (χ3n) is 2.95. The first-order valence-electron chi connectivity index (χ1n) is 6.24. The number of aliphatic carboxylic acids is 1. The van der Waals surface area contributed by atoms with Gasteiger partial charge in [0.1, 0.15) is 6.61 Å². The van der Waals surface area contributed by atoms with E-state index in [0.29, 0.717) is 12.2 Å². The van der Waals surface area contributed by atoms with E-state index in [0.717, 1.165) is 0 Å². The van der Waals surface area contributed by atoms with E-state index in [9.17, 15) is 14.7 Å². The molecule has 5 nitrogen and oxygen atoms in total. The summed E-state index contributed by atoms with van der Waals surface area (Å²) >= 11 is 0. The van der Waals surface area contributed by atoms with Crippen LogP contribution in [0, 0.1) is 0 Å². The highest BCUT2D eigenvalue weighted by atomic mass is 16.5. The molecule has 0 fully saturated rings. The largest absolute Gasteiger partial charge is 0.479 e. The second-order valence-corrected chi connectivity index (χ2v) is 4.12. The highest BCUT2D eigenvalue weighted by molar-refractivity contribution is 5.88. The van der Waals surface area contributed by atoms with Crippen LogP contribution in [0.25, 0.3) is 0 Å². The zero-order valence-corrected chi connectivity index (χ0v) is 11.2. The third-order valence-corrected chi connectivity index (χ3v) is 2.95. The number of ether oxygens (including phenoxy) is 1. The Labute approximate surface area is 112 Å². The molecule has 0 aromatic heterocycles. The maximum absolute atomic E-state index is 11.8. The number of carbonyl (C=O) groups is 2. The van der Waals surface area contributed by atoms with E-state index in [-0.39, 0.29) is 13.0 Å². The third kappa shape index (κ3) is 3.54. The Balaban J connectivity index is 3.01. The number of benzene rings is 1. The molecule has 1 amide bonds. The van der Waals surface area contributed by atoms with Crippen LogP contribution in [0.15, 0.2) is 30.3 Å². The Morgan fingerprint density at radius 2 is 1.89 bits per heavy atom. The molecule has 5 heteroatoms. The fourth-order valence-corrected chi connectivity index (χ4v) is 1.88. The Hall–Kier alpha value is -1.88. The number of nitrogens with one attached hydrogen (secondary N) is 1. The quantitative estimate of drug-likeness (QED) is 0.784. The van der Waals surface area contributed by atoms with Crippen LogP contribution < -0.4 is 5.32 Å². The molecule has 0 saturated heterocycles. The van der Waals surface area contributed by atoms with Crippen molar-refractivity contribution >= 4 is 11.9 Å². The molecular formula is C14H19NO4. The molecule has 0 heterocycles. The van der Waals surface area contributed by atoms with E-state index < -0.39 is 17.4 Å². The smallest absolute Gasteiger partial charge is 0.334 e. The van der Waals surface area contributed by atoms with Gasteiger partial charge in [-0.3, -0.25) is 4.79 Å². The van der Waals surface area contributed by atoms with Crippen molar-refractivity contribution < 1.29 is 19.4 Å². The number of amides is 1. The summed E-state index contributed by atoms with van der Waals surface area (Å²) < 4.78 is 5.00. The van der Waals surface area contributed by atoms with Gasteiger partial charge in [-0.05, 0) is 18.9 Å². The lowest BCUT2D eigenvalue weighted by molar-refractivity contribution is -0.149. The fourth-order valence-electron chi connectivity index (χ4n) is 1.88. The highest BCUT2D eigenvalue weighted by Gasteiger charge is 2.40. The minimum Gasteiger partial charge on any atom is -0.479 e. The Morgan fingerprint density at radius 1 is 1.26 bits per heavy atom. The maximum Gasteiger partial charge on any atom is 0.334 e. The average molecular weight is 265 g/mol. The predicted octanol–water partition coefficient (Wildman–Crippen LogP) is 1.53. The van der Waals surface area contributed by atoms with Crippen molar-refractivity contribution in [2.75, 3.05) is 13.2 Å². The standard InChI is InChI=1S/C14H19NO4/c1-3-14(13(17)18,11-8-6-5-7-9-11)15-12(16)10-19-4-2/h5-9H,3-4,10H2,1-2H3,(H,15,16)(H,17,18). The van der Waals surface area contributed by atoms with E-state index in [2.05, 4.69) is 5.32 Å². The molecule has 19 heavy (non-hydrogen) atoms. The summed E-state index contributed by atoms with van der Waals surface area (Å²) in [6.07, 6.45) is 0.254. The van der Waals surface area contributed by atoms with Crippen LogP contribution >= 0.6 is 0 Å². The van der Waals surface area contributed by atoms with E-state index in [4.69, 9.17) is 4.74 Å². The molecule has 104 valence electrons. The van der Waals surface area contributed by atoms with E-state index in [1.165, 1.54) is 0 Å². The lowest BCUT2D eigenvalue weighted by atomic mass is 9.87. The fraction of sp³-hybridized carbons (Fsp3) is 0.429. The molecule has 1 unspecified atom stereocenters. The molecule has 1 rings (SSSR count). The van der Waals surface area contributed by atoms with Crippen molar-refractivity contribution in [3.05, 3.63) is 35.9 Å². The summed E-state index contributed by atoms with van der Waals surface area (Å²) in [6.45, 7) is 3.76. The lowest BCUT2D eigenvalue weighted by Crippen LogP contribution is -2.52. The van der Waals surface area contributed by atoms with Crippen LogP contribution in [0.2, 0.25) is 0 Å². The average Bonchev–Trinajstić information content (AvgIpc) is 2.43. The van der Waals surface area contributed by atoms with E-state index >= 15 is 0 Å². The molecule has 0 aliphatic rings. The van der Waals surface area contributed by atoms with Gasteiger partial charge in [-0.1, -0.05) is 37.3 Å². The molecule has 0 aliphatic heterocycles. The van der Waals surface area contributed by atoms with Gasteiger partial charge in [0.05, 0.1) is 0 Å². The van der Waals surface area contributed by atoms with Gasteiger partial charge in [0.2, 0.25) is 5.91 Å². The lowest BCUT2D eigenvalue weighted by Gasteiger charge is -2.29. The second kappa shape index (κ2) is 6.89. The second-order valence-electron chi connectivity index (χ2n) is 4.12. The van der Waals surface area contributed by atoms with Gasteiger partial charge in [0.25, 0.3) is 0 Å². The minimum atomic E-state index is -1.41. The molecule has 1 aromatic rings. The molecule has 0 saturated carbocycles. The summed E-state index contributed by atoms with van der Waals surface area (Å²) in [6, 6.07) is 8.68. The van der Waals surface area contributed by atoms with Gasteiger partial charge in [0.15, 0.2) is 5.54 Å². The Morgan fingerprint density at radius 3 is 2.37 bits per heavy atom. The Bertz CT molecular complexity index is 432. The topological polar surface area (TPSA) is 75.6 Å². The summed E-state index contributed by atoms with van der Waals surface area (Å²) in [7, 11) is 0. The SMILES string of the molecule is CCOCC(=O)NC(CC)(C(=O)O)c1ccccc1. The first kappa shape index (κ1) is 15.2. The zero-order valence-electron chi connectivity index (χ0n) is 11.2. The van der Waals surface area contributed by atoms with Crippen LogP contribution in [-0.4, -0.2) is 30.2 Å². The van der Waals surface area contributed by atoms with Crippen molar-refractivity contribution in [1.82, 2.24) is 5.32 Å². The van der Waals surface area contributed by atoms with Crippen molar-refractivity contribution in [2.24, 2.45) is 0 Å². The minimum absolute atomic E-state index is 0.141. The Kier molecular flexibility index (Phi) is 5.51.